The van der Waals surface area contributed by atoms with Crippen LogP contribution in [0, 0.1) is 0 Å². The third-order valence-corrected chi connectivity index (χ3v) is 14.1. The van der Waals surface area contributed by atoms with E-state index < -0.39 is 32.5 Å². The van der Waals surface area contributed by atoms with Crippen molar-refractivity contribution in [2.75, 3.05) is 40.9 Å². The van der Waals surface area contributed by atoms with Crippen molar-refractivity contribution in [1.82, 2.24) is 5.32 Å². The average molecular weight is 1140 g/mol. The van der Waals surface area contributed by atoms with E-state index >= 15 is 0 Å². The monoisotopic (exact) mass is 1140 g/mol. The Bertz CT molecular complexity index is 1940. The number of carbonyl (C=O) groups is 2. The molecule has 0 aromatic carbocycles. The van der Waals surface area contributed by atoms with Crippen molar-refractivity contribution in [1.29, 1.82) is 0 Å². The molecule has 0 bridgehead atoms. The van der Waals surface area contributed by atoms with Gasteiger partial charge in [-0.1, -0.05) is 269 Å². The Morgan fingerprint density at radius 2 is 0.852 bits per heavy atom. The van der Waals surface area contributed by atoms with Crippen LogP contribution in [0.1, 0.15) is 226 Å². The summed E-state index contributed by atoms with van der Waals surface area (Å²) >= 11 is 0. The van der Waals surface area contributed by atoms with Crippen molar-refractivity contribution in [3.8, 4) is 0 Å². The molecule has 0 heterocycles. The molecule has 0 saturated heterocycles. The van der Waals surface area contributed by atoms with Crippen LogP contribution in [-0.4, -0.2) is 69.4 Å². The van der Waals surface area contributed by atoms with E-state index in [0.29, 0.717) is 23.9 Å². The molecule has 3 atom stereocenters. The zero-order chi connectivity index (χ0) is 59.3. The molecule has 0 aliphatic carbocycles. The van der Waals surface area contributed by atoms with Gasteiger partial charge in [0.1, 0.15) is 19.3 Å². The van der Waals surface area contributed by atoms with Gasteiger partial charge in [-0.15, -0.1) is 0 Å². The predicted molar refractivity (Wildman–Crippen MR) is 348 cm³/mol. The van der Waals surface area contributed by atoms with Crippen LogP contribution < -0.4 is 10.2 Å². The summed E-state index contributed by atoms with van der Waals surface area (Å²) in [5.74, 6) is -0.616. The molecule has 0 radical (unpaired) electrons. The Morgan fingerprint density at radius 1 is 0.457 bits per heavy atom. The molecular formula is C71H117N2O7P. The fourth-order valence-corrected chi connectivity index (χ4v) is 8.98. The highest BCUT2D eigenvalue weighted by Crippen LogP contribution is 2.38. The van der Waals surface area contributed by atoms with Crippen LogP contribution in [0.2, 0.25) is 0 Å². The van der Waals surface area contributed by atoms with Gasteiger partial charge >= 0.3 is 5.97 Å². The Labute approximate surface area is 497 Å². The SMILES string of the molecule is CC\C=C/C=C/C=C/C=C\C=C\C=C\CCCCCC(=O)OC(/C=C\CCCCCCCCCCC)C(COP(=O)([O-])OCC[N+](C)(C)C)NC(=O)CCCCCCCCCC/C=C\C/C=C\C/C=C\C/C=C\C/C=C\C/C=C\CC. The highest BCUT2D eigenvalue weighted by molar-refractivity contribution is 7.45. The lowest BCUT2D eigenvalue weighted by atomic mass is 10.0. The fourth-order valence-electron chi connectivity index (χ4n) is 8.26. The molecule has 0 aliphatic rings. The number of hydrogen-bond donors (Lipinski definition) is 1. The van der Waals surface area contributed by atoms with Gasteiger partial charge in [-0.05, 0) is 102 Å². The Morgan fingerprint density at radius 3 is 1.35 bits per heavy atom. The normalized spacial score (nSPS) is 14.7. The van der Waals surface area contributed by atoms with Crippen LogP contribution in [0.4, 0.5) is 0 Å². The van der Waals surface area contributed by atoms with E-state index in [2.05, 4.69) is 111 Å². The summed E-state index contributed by atoms with van der Waals surface area (Å²) in [7, 11) is 1.12. The van der Waals surface area contributed by atoms with E-state index in [1.807, 2.05) is 94.1 Å². The van der Waals surface area contributed by atoms with Gasteiger partial charge in [-0.25, -0.2) is 0 Å². The molecule has 81 heavy (non-hydrogen) atoms. The fraction of sp³-hybridized carbons (Fsp3) is 0.606. The summed E-state index contributed by atoms with van der Waals surface area (Å²) < 4.78 is 30.3. The third-order valence-electron chi connectivity index (χ3n) is 13.1. The number of rotatable bonds is 55. The van der Waals surface area contributed by atoms with Crippen LogP contribution in [0.3, 0.4) is 0 Å². The minimum absolute atomic E-state index is 0.0414. The number of phosphoric acid groups is 1. The van der Waals surface area contributed by atoms with E-state index in [1.165, 1.54) is 70.6 Å². The first-order chi connectivity index (χ1) is 39.4. The van der Waals surface area contributed by atoms with Gasteiger partial charge in [0.15, 0.2) is 0 Å². The van der Waals surface area contributed by atoms with Crippen molar-refractivity contribution < 1.29 is 37.3 Å². The number of likely N-dealkylation sites (N-methyl/N-ethyl adjacent to an activating group) is 1. The van der Waals surface area contributed by atoms with Gasteiger partial charge in [0.05, 0.1) is 33.8 Å². The molecule has 0 spiro atoms. The summed E-state index contributed by atoms with van der Waals surface area (Å²) in [6.45, 7) is 6.51. The van der Waals surface area contributed by atoms with Gasteiger partial charge in [0.25, 0.3) is 7.82 Å². The summed E-state index contributed by atoms with van der Waals surface area (Å²) in [4.78, 5) is 40.0. The molecule has 1 amide bonds. The number of nitrogens with zero attached hydrogens (tertiary/aromatic N) is 1. The van der Waals surface area contributed by atoms with Gasteiger partial charge in [0.2, 0.25) is 5.91 Å². The standard InChI is InChI=1S/C71H117N2O7P/c1-7-10-13-16-19-22-25-27-29-31-32-33-34-35-36-37-38-39-40-42-43-45-48-51-54-57-60-63-70(74)72-68(67-79-81(76,77)78-66-65-73(4,5)6)69(62-59-56-53-50-47-24-21-18-15-12-9-3)80-71(75)64-61-58-55-52-49-46-44-41-30-28-26-23-20-17-14-11-8-2/h10-11,13-14,17,19-20,22-23,26-30,32-33,35-36,38-39,41,44,46,49,59,62,68-69H,7-9,12,15-16,18,21,24-25,31,34,37,40,42-43,45,47-48,50-58,60-61,63-67H2,1-6H3,(H-,72,74,76,77)/b13-10-,14-11-,20-17+,22-19-,26-23+,29-27-,30-28-,33-32-,36-35-,39-38-,44-41+,49-46+,62-59-. The number of esters is 1. The molecule has 0 aliphatic heterocycles. The van der Waals surface area contributed by atoms with Crippen LogP contribution in [-0.2, 0) is 27.9 Å². The van der Waals surface area contributed by atoms with E-state index in [1.54, 1.807) is 0 Å². The van der Waals surface area contributed by atoms with E-state index in [4.69, 9.17) is 13.8 Å². The van der Waals surface area contributed by atoms with Gasteiger partial charge in [-0.3, -0.25) is 14.2 Å². The number of hydrogen-bond acceptors (Lipinski definition) is 7. The molecule has 9 nitrogen and oxygen atoms in total. The van der Waals surface area contributed by atoms with Gasteiger partial charge in [0, 0.05) is 12.8 Å². The van der Waals surface area contributed by atoms with Crippen molar-refractivity contribution in [2.45, 2.75) is 238 Å². The van der Waals surface area contributed by atoms with Crippen LogP contribution in [0.15, 0.2) is 158 Å². The molecule has 0 fully saturated rings. The Hall–Kier alpha value is -4.37. The minimum Gasteiger partial charge on any atom is -0.756 e. The number of ether oxygens (including phenoxy) is 1. The van der Waals surface area contributed by atoms with E-state index in [0.717, 1.165) is 109 Å². The minimum atomic E-state index is -4.72. The van der Waals surface area contributed by atoms with Gasteiger partial charge in [-0.2, -0.15) is 0 Å². The smallest absolute Gasteiger partial charge is 0.306 e. The van der Waals surface area contributed by atoms with Crippen LogP contribution >= 0.6 is 7.82 Å². The van der Waals surface area contributed by atoms with E-state index in [9.17, 15) is 19.0 Å². The second kappa shape index (κ2) is 58.8. The molecule has 1 N–H and O–H groups in total. The van der Waals surface area contributed by atoms with Crippen molar-refractivity contribution in [3.63, 3.8) is 0 Å². The summed E-state index contributed by atoms with van der Waals surface area (Å²) in [6, 6.07) is -0.924. The van der Waals surface area contributed by atoms with Crippen LogP contribution in [0.5, 0.6) is 0 Å². The quantitative estimate of drug-likeness (QED) is 0.0161. The van der Waals surface area contributed by atoms with Crippen molar-refractivity contribution >= 4 is 19.7 Å². The topological polar surface area (TPSA) is 114 Å². The predicted octanol–water partition coefficient (Wildman–Crippen LogP) is 19.4. The number of nitrogens with one attached hydrogen (secondary N) is 1. The molecule has 0 aromatic heterocycles. The zero-order valence-corrected chi connectivity index (χ0v) is 53.1. The molecule has 458 valence electrons. The second-order valence-electron chi connectivity index (χ2n) is 21.9. The maximum absolute atomic E-state index is 13.6. The molecular weight excluding hydrogens is 1020 g/mol. The van der Waals surface area contributed by atoms with Gasteiger partial charge < -0.3 is 28.5 Å². The lowest BCUT2D eigenvalue weighted by Crippen LogP contribution is -2.47. The third kappa shape index (κ3) is 60.1. The molecule has 0 aromatic rings. The number of allylic oxidation sites excluding steroid dienone is 25. The highest BCUT2D eigenvalue weighted by atomic mass is 31.2. The molecule has 3 unspecified atom stereocenters. The van der Waals surface area contributed by atoms with Crippen molar-refractivity contribution in [3.05, 3.63) is 158 Å². The highest BCUT2D eigenvalue weighted by Gasteiger charge is 2.27. The maximum atomic E-state index is 13.6. The lowest BCUT2D eigenvalue weighted by molar-refractivity contribution is -0.870. The first-order valence-electron chi connectivity index (χ1n) is 31.9. The Kier molecular flexibility index (Phi) is 55.6. The first kappa shape index (κ1) is 76.6. The number of amides is 1. The summed E-state index contributed by atoms with van der Waals surface area (Å²) in [5, 5.41) is 3.01. The largest absolute Gasteiger partial charge is 0.756 e. The second-order valence-corrected chi connectivity index (χ2v) is 23.4. The molecule has 10 heteroatoms. The van der Waals surface area contributed by atoms with E-state index in [-0.39, 0.29) is 25.4 Å². The Balaban J connectivity index is 5.21. The number of carbonyl (C=O) groups excluding carboxylic acids is 2. The average Bonchev–Trinajstić information content (AvgIpc) is 3.43. The lowest BCUT2D eigenvalue weighted by Gasteiger charge is -2.30. The summed E-state index contributed by atoms with van der Waals surface area (Å²) in [6.07, 6.45) is 86.4. The summed E-state index contributed by atoms with van der Waals surface area (Å²) in [5.41, 5.74) is 0. The van der Waals surface area contributed by atoms with Crippen LogP contribution in [0.25, 0.3) is 0 Å². The zero-order valence-electron chi connectivity index (χ0n) is 52.2. The number of unbranched alkanes of at least 4 members (excludes halogenated alkanes) is 20. The molecule has 0 rings (SSSR count). The number of quaternary nitrogens is 1. The first-order valence-corrected chi connectivity index (χ1v) is 33.3. The molecule has 0 saturated carbocycles. The van der Waals surface area contributed by atoms with Crippen molar-refractivity contribution in [2.24, 2.45) is 0 Å². The maximum Gasteiger partial charge on any atom is 0.306 e. The number of phosphoric ester groups is 1.